The van der Waals surface area contributed by atoms with Crippen molar-refractivity contribution in [3.05, 3.63) is 63.6 Å². The second-order valence-corrected chi connectivity index (χ2v) is 5.57. The highest BCUT2D eigenvalue weighted by Crippen LogP contribution is 2.25. The van der Waals surface area contributed by atoms with Crippen LogP contribution in [0, 0.1) is 0 Å². The first-order valence-corrected chi connectivity index (χ1v) is 7.32. The van der Waals surface area contributed by atoms with Gasteiger partial charge in [0, 0.05) is 5.69 Å². The fraction of sp³-hybridized carbons (Fsp3) is 0.125. The number of halogens is 2. The lowest BCUT2D eigenvalue weighted by atomic mass is 10.1. The first-order chi connectivity index (χ1) is 10.5. The second kappa shape index (κ2) is 7.40. The van der Waals surface area contributed by atoms with E-state index in [0.717, 1.165) is 5.56 Å². The van der Waals surface area contributed by atoms with Crippen molar-refractivity contribution in [2.75, 3.05) is 5.32 Å². The van der Waals surface area contributed by atoms with Gasteiger partial charge in [-0.2, -0.15) is 0 Å². The standard InChI is InChI=1S/C16H14Cl2N2O2/c17-13-2-1-3-14(18)15(13)16(22)20-12-6-4-10(5-7-12)8-11(19)9-21/h1-7,9,11H,8,19H2,(H,20,22). The Morgan fingerprint density at radius 3 is 2.27 bits per heavy atom. The molecule has 0 spiro atoms. The zero-order valence-electron chi connectivity index (χ0n) is 11.6. The largest absolute Gasteiger partial charge is 0.322 e. The zero-order chi connectivity index (χ0) is 16.1. The molecule has 0 bridgehead atoms. The van der Waals surface area contributed by atoms with Gasteiger partial charge in [-0.15, -0.1) is 0 Å². The molecule has 0 heterocycles. The summed E-state index contributed by atoms with van der Waals surface area (Å²) in [6.45, 7) is 0. The molecule has 114 valence electrons. The molecule has 6 heteroatoms. The van der Waals surface area contributed by atoms with Crippen LogP contribution in [0.15, 0.2) is 42.5 Å². The molecule has 1 amide bonds. The van der Waals surface area contributed by atoms with Gasteiger partial charge in [-0.25, -0.2) is 0 Å². The number of hydrogen-bond donors (Lipinski definition) is 2. The molecular weight excluding hydrogens is 323 g/mol. The van der Waals surface area contributed by atoms with Crippen LogP contribution in [0.5, 0.6) is 0 Å². The first kappa shape index (κ1) is 16.5. The predicted molar refractivity (Wildman–Crippen MR) is 88.6 cm³/mol. The molecule has 22 heavy (non-hydrogen) atoms. The minimum Gasteiger partial charge on any atom is -0.322 e. The van der Waals surface area contributed by atoms with Crippen molar-refractivity contribution in [3.8, 4) is 0 Å². The molecule has 2 aromatic rings. The van der Waals surface area contributed by atoms with Crippen LogP contribution in [0.3, 0.4) is 0 Å². The molecule has 0 aliphatic rings. The highest BCUT2D eigenvalue weighted by atomic mass is 35.5. The lowest BCUT2D eigenvalue weighted by Crippen LogP contribution is -2.24. The van der Waals surface area contributed by atoms with Crippen LogP contribution in [0.4, 0.5) is 5.69 Å². The maximum atomic E-state index is 12.2. The Morgan fingerprint density at radius 2 is 1.73 bits per heavy atom. The van der Waals surface area contributed by atoms with Gasteiger partial charge in [-0.1, -0.05) is 41.4 Å². The normalized spacial score (nSPS) is 11.8. The minimum atomic E-state index is -0.526. The summed E-state index contributed by atoms with van der Waals surface area (Å²) in [5.74, 6) is -0.382. The Balaban J connectivity index is 2.11. The lowest BCUT2D eigenvalue weighted by molar-refractivity contribution is -0.108. The van der Waals surface area contributed by atoms with E-state index in [-0.39, 0.29) is 11.5 Å². The Labute approximate surface area is 138 Å². The van der Waals surface area contributed by atoms with E-state index in [0.29, 0.717) is 28.4 Å². The van der Waals surface area contributed by atoms with Crippen molar-refractivity contribution >= 4 is 41.1 Å². The van der Waals surface area contributed by atoms with E-state index in [1.54, 1.807) is 42.5 Å². The van der Waals surface area contributed by atoms with Gasteiger partial charge in [0.2, 0.25) is 0 Å². The summed E-state index contributed by atoms with van der Waals surface area (Å²) >= 11 is 12.0. The molecule has 0 aromatic heterocycles. The molecule has 0 radical (unpaired) electrons. The number of aldehydes is 1. The van der Waals surface area contributed by atoms with Crippen LogP contribution in [0.25, 0.3) is 0 Å². The average molecular weight is 337 g/mol. The van der Waals surface area contributed by atoms with Gasteiger partial charge in [0.05, 0.1) is 21.7 Å². The molecule has 1 unspecified atom stereocenters. The van der Waals surface area contributed by atoms with Gasteiger partial charge in [0.1, 0.15) is 6.29 Å². The third-order valence-electron chi connectivity index (χ3n) is 3.05. The van der Waals surface area contributed by atoms with Crippen LogP contribution in [0.2, 0.25) is 10.0 Å². The number of rotatable bonds is 5. The third-order valence-corrected chi connectivity index (χ3v) is 3.68. The number of carbonyl (C=O) groups excluding carboxylic acids is 2. The van der Waals surface area contributed by atoms with Crippen LogP contribution < -0.4 is 11.1 Å². The van der Waals surface area contributed by atoms with E-state index in [4.69, 9.17) is 28.9 Å². The molecule has 3 N–H and O–H groups in total. The van der Waals surface area contributed by atoms with Gasteiger partial charge in [-0.3, -0.25) is 4.79 Å². The average Bonchev–Trinajstić information content (AvgIpc) is 2.49. The number of nitrogens with two attached hydrogens (primary N) is 1. The molecule has 4 nitrogen and oxygen atoms in total. The summed E-state index contributed by atoms with van der Waals surface area (Å²) in [5.41, 5.74) is 7.31. The Bertz CT molecular complexity index is 667. The van der Waals surface area contributed by atoms with Gasteiger partial charge < -0.3 is 15.8 Å². The third kappa shape index (κ3) is 4.07. The maximum absolute atomic E-state index is 12.2. The van der Waals surface area contributed by atoms with E-state index in [9.17, 15) is 9.59 Å². The highest BCUT2D eigenvalue weighted by Gasteiger charge is 2.14. The molecule has 0 aliphatic heterocycles. The zero-order valence-corrected chi connectivity index (χ0v) is 13.1. The molecule has 2 rings (SSSR count). The molecular formula is C16H14Cl2N2O2. The second-order valence-electron chi connectivity index (χ2n) is 4.75. The van der Waals surface area contributed by atoms with Gasteiger partial charge in [0.15, 0.2) is 0 Å². The molecule has 2 aromatic carbocycles. The monoisotopic (exact) mass is 336 g/mol. The number of carbonyl (C=O) groups is 2. The quantitative estimate of drug-likeness (QED) is 0.822. The van der Waals surface area contributed by atoms with E-state index < -0.39 is 6.04 Å². The van der Waals surface area contributed by atoms with E-state index in [1.807, 2.05) is 0 Å². The minimum absolute atomic E-state index is 0.234. The Hall–Kier alpha value is -1.88. The molecule has 0 fully saturated rings. The van der Waals surface area contributed by atoms with Crippen LogP contribution in [-0.2, 0) is 11.2 Å². The fourth-order valence-electron chi connectivity index (χ4n) is 1.95. The van der Waals surface area contributed by atoms with Crippen LogP contribution in [0.1, 0.15) is 15.9 Å². The molecule has 0 saturated carbocycles. The predicted octanol–water partition coefficient (Wildman–Crippen LogP) is 3.31. The topological polar surface area (TPSA) is 72.2 Å². The summed E-state index contributed by atoms with van der Waals surface area (Å²) in [4.78, 5) is 22.8. The first-order valence-electron chi connectivity index (χ1n) is 6.56. The van der Waals surface area contributed by atoms with Crippen molar-refractivity contribution in [3.63, 3.8) is 0 Å². The van der Waals surface area contributed by atoms with Crippen LogP contribution in [-0.4, -0.2) is 18.2 Å². The maximum Gasteiger partial charge on any atom is 0.258 e. The van der Waals surface area contributed by atoms with Crippen molar-refractivity contribution in [2.24, 2.45) is 5.73 Å². The van der Waals surface area contributed by atoms with Gasteiger partial charge in [-0.05, 0) is 36.2 Å². The summed E-state index contributed by atoms with van der Waals surface area (Å²) < 4.78 is 0. The SMILES string of the molecule is NC(C=O)Cc1ccc(NC(=O)c2c(Cl)cccc2Cl)cc1. The Kier molecular flexibility index (Phi) is 5.55. The number of benzene rings is 2. The van der Waals surface area contributed by atoms with E-state index in [1.165, 1.54) is 0 Å². The molecule has 0 saturated heterocycles. The summed E-state index contributed by atoms with van der Waals surface area (Å²) in [6.07, 6.45) is 1.16. The van der Waals surface area contributed by atoms with Gasteiger partial charge in [0.25, 0.3) is 5.91 Å². The van der Waals surface area contributed by atoms with Gasteiger partial charge >= 0.3 is 0 Å². The van der Waals surface area contributed by atoms with Crippen LogP contribution >= 0.6 is 23.2 Å². The van der Waals surface area contributed by atoms with Crippen molar-refractivity contribution in [1.82, 2.24) is 0 Å². The van der Waals surface area contributed by atoms with E-state index >= 15 is 0 Å². The fourth-order valence-corrected chi connectivity index (χ4v) is 2.52. The number of anilines is 1. The number of amides is 1. The summed E-state index contributed by atoms with van der Waals surface area (Å²) in [7, 11) is 0. The highest BCUT2D eigenvalue weighted by molar-refractivity contribution is 6.40. The summed E-state index contributed by atoms with van der Waals surface area (Å²) in [5, 5.41) is 3.31. The Morgan fingerprint density at radius 1 is 1.14 bits per heavy atom. The number of nitrogens with one attached hydrogen (secondary N) is 1. The molecule has 0 aliphatic carbocycles. The summed E-state index contributed by atoms with van der Waals surface area (Å²) in [6, 6.07) is 11.4. The van der Waals surface area contributed by atoms with E-state index in [2.05, 4.69) is 5.32 Å². The number of hydrogen-bond acceptors (Lipinski definition) is 3. The van der Waals surface area contributed by atoms with Crippen molar-refractivity contribution in [1.29, 1.82) is 0 Å². The lowest BCUT2D eigenvalue weighted by Gasteiger charge is -2.09. The smallest absolute Gasteiger partial charge is 0.258 e. The molecule has 1 atom stereocenters. The van der Waals surface area contributed by atoms with Crippen molar-refractivity contribution < 1.29 is 9.59 Å². The van der Waals surface area contributed by atoms with Crippen molar-refractivity contribution in [2.45, 2.75) is 12.5 Å².